The van der Waals surface area contributed by atoms with Gasteiger partial charge in [0.25, 0.3) is 0 Å². The van der Waals surface area contributed by atoms with Crippen LogP contribution in [-0.4, -0.2) is 43.0 Å². The zero-order valence-electron chi connectivity index (χ0n) is 15.4. The number of hydrogen-bond acceptors (Lipinski definition) is 4. The van der Waals surface area contributed by atoms with E-state index < -0.39 is 0 Å². The van der Waals surface area contributed by atoms with E-state index in [-0.39, 0.29) is 17.8 Å². The van der Waals surface area contributed by atoms with Crippen molar-refractivity contribution in [2.24, 2.45) is 0 Å². The third-order valence-electron chi connectivity index (χ3n) is 4.91. The fourth-order valence-electron chi connectivity index (χ4n) is 3.39. The Balaban J connectivity index is 1.63. The fourth-order valence-corrected chi connectivity index (χ4v) is 3.39. The molecule has 0 radical (unpaired) electrons. The standard InChI is InChI=1S/C21H23FN4O/c1-16(21(27)24-19-8-4-7-18(22)14-19)25-10-5-11-26(13-12-25)20-9-3-2-6-17(20)15-23/h2-4,6-9,14,16H,5,10-13H2,1H3,(H,24,27). The average Bonchev–Trinajstić information content (AvgIpc) is 2.93. The maximum absolute atomic E-state index is 13.3. The molecule has 1 atom stereocenters. The Bertz CT molecular complexity index is 848. The molecule has 0 saturated carbocycles. The lowest BCUT2D eigenvalue weighted by Gasteiger charge is -2.27. The van der Waals surface area contributed by atoms with Gasteiger partial charge < -0.3 is 10.2 Å². The SMILES string of the molecule is CC(C(=O)Nc1cccc(F)c1)N1CCCN(c2ccccc2C#N)CC1. The summed E-state index contributed by atoms with van der Waals surface area (Å²) in [5.41, 5.74) is 2.08. The number of halogens is 1. The summed E-state index contributed by atoms with van der Waals surface area (Å²) < 4.78 is 13.3. The van der Waals surface area contributed by atoms with Gasteiger partial charge in [-0.2, -0.15) is 5.26 Å². The number of rotatable bonds is 4. The molecule has 1 heterocycles. The van der Waals surface area contributed by atoms with Crippen molar-refractivity contribution in [2.75, 3.05) is 36.4 Å². The van der Waals surface area contributed by atoms with Crippen LogP contribution in [0.1, 0.15) is 18.9 Å². The van der Waals surface area contributed by atoms with Crippen LogP contribution in [0.2, 0.25) is 0 Å². The molecule has 1 amide bonds. The largest absolute Gasteiger partial charge is 0.369 e. The van der Waals surface area contributed by atoms with Crippen LogP contribution in [0.5, 0.6) is 0 Å². The summed E-state index contributed by atoms with van der Waals surface area (Å²) in [4.78, 5) is 16.9. The normalized spacial score (nSPS) is 16.3. The average molecular weight is 366 g/mol. The number of hydrogen-bond donors (Lipinski definition) is 1. The molecule has 0 bridgehead atoms. The predicted molar refractivity (Wildman–Crippen MR) is 104 cm³/mol. The smallest absolute Gasteiger partial charge is 0.241 e. The summed E-state index contributed by atoms with van der Waals surface area (Å²) in [5.74, 6) is -0.520. The van der Waals surface area contributed by atoms with Gasteiger partial charge in [0.15, 0.2) is 0 Å². The summed E-state index contributed by atoms with van der Waals surface area (Å²) in [5, 5.41) is 12.1. The van der Waals surface area contributed by atoms with Gasteiger partial charge in [0.1, 0.15) is 11.9 Å². The summed E-state index contributed by atoms with van der Waals surface area (Å²) >= 11 is 0. The first kappa shape index (κ1) is 18.9. The minimum atomic E-state index is -0.373. The molecule has 2 aromatic rings. The van der Waals surface area contributed by atoms with E-state index >= 15 is 0 Å². The van der Waals surface area contributed by atoms with Crippen LogP contribution in [0.25, 0.3) is 0 Å². The molecule has 27 heavy (non-hydrogen) atoms. The van der Waals surface area contributed by atoms with E-state index in [0.717, 1.165) is 38.3 Å². The van der Waals surface area contributed by atoms with Crippen molar-refractivity contribution >= 4 is 17.3 Å². The van der Waals surface area contributed by atoms with E-state index in [2.05, 4.69) is 21.2 Å². The first-order valence-corrected chi connectivity index (χ1v) is 9.13. The van der Waals surface area contributed by atoms with E-state index in [9.17, 15) is 14.4 Å². The predicted octanol–water partition coefficient (Wildman–Crippen LogP) is 3.24. The van der Waals surface area contributed by atoms with Crippen molar-refractivity contribution < 1.29 is 9.18 Å². The first-order chi connectivity index (χ1) is 13.1. The lowest BCUT2D eigenvalue weighted by Crippen LogP contribution is -2.44. The van der Waals surface area contributed by atoms with Crippen LogP contribution >= 0.6 is 0 Å². The number of para-hydroxylation sites is 1. The number of amides is 1. The Kier molecular flexibility index (Phi) is 6.05. The van der Waals surface area contributed by atoms with Crippen LogP contribution in [0.15, 0.2) is 48.5 Å². The van der Waals surface area contributed by atoms with Crippen LogP contribution in [-0.2, 0) is 4.79 Å². The van der Waals surface area contributed by atoms with Crippen LogP contribution < -0.4 is 10.2 Å². The maximum atomic E-state index is 13.3. The highest BCUT2D eigenvalue weighted by Gasteiger charge is 2.25. The number of carbonyl (C=O) groups excluding carboxylic acids is 1. The van der Waals surface area contributed by atoms with Gasteiger partial charge in [-0.15, -0.1) is 0 Å². The van der Waals surface area contributed by atoms with Crippen molar-refractivity contribution in [1.29, 1.82) is 5.26 Å². The molecule has 1 fully saturated rings. The van der Waals surface area contributed by atoms with Gasteiger partial charge in [-0.25, -0.2) is 4.39 Å². The van der Waals surface area contributed by atoms with Gasteiger partial charge in [-0.05, 0) is 43.7 Å². The summed E-state index contributed by atoms with van der Waals surface area (Å²) in [6.07, 6.45) is 0.900. The van der Waals surface area contributed by atoms with Crippen molar-refractivity contribution in [3.05, 3.63) is 59.9 Å². The number of nitriles is 1. The van der Waals surface area contributed by atoms with Crippen molar-refractivity contribution in [3.8, 4) is 6.07 Å². The van der Waals surface area contributed by atoms with Crippen LogP contribution in [0, 0.1) is 17.1 Å². The molecular weight excluding hydrogens is 343 g/mol. The van der Waals surface area contributed by atoms with E-state index in [0.29, 0.717) is 11.3 Å². The minimum Gasteiger partial charge on any atom is -0.369 e. The Morgan fingerprint density at radius 3 is 2.74 bits per heavy atom. The molecule has 1 saturated heterocycles. The molecule has 5 nitrogen and oxygen atoms in total. The molecular formula is C21H23FN4O. The molecule has 0 spiro atoms. The lowest BCUT2D eigenvalue weighted by molar-refractivity contribution is -0.120. The molecule has 1 aliphatic rings. The number of nitrogens with zero attached hydrogens (tertiary/aromatic N) is 3. The molecule has 0 aromatic heterocycles. The molecule has 0 aliphatic carbocycles. The summed E-state index contributed by atoms with van der Waals surface area (Å²) in [7, 11) is 0. The zero-order valence-corrected chi connectivity index (χ0v) is 15.4. The molecule has 2 aromatic carbocycles. The molecule has 1 aliphatic heterocycles. The van der Waals surface area contributed by atoms with Crippen molar-refractivity contribution in [2.45, 2.75) is 19.4 Å². The van der Waals surface area contributed by atoms with Crippen LogP contribution in [0.3, 0.4) is 0 Å². The minimum absolute atomic E-state index is 0.147. The Morgan fingerprint density at radius 1 is 1.15 bits per heavy atom. The number of anilines is 2. The van der Waals surface area contributed by atoms with Gasteiger partial charge in [0.05, 0.1) is 17.3 Å². The van der Waals surface area contributed by atoms with E-state index in [1.807, 2.05) is 31.2 Å². The monoisotopic (exact) mass is 366 g/mol. The maximum Gasteiger partial charge on any atom is 0.241 e. The highest BCUT2D eigenvalue weighted by molar-refractivity contribution is 5.94. The number of carbonyl (C=O) groups is 1. The second-order valence-corrected chi connectivity index (χ2v) is 6.68. The van der Waals surface area contributed by atoms with Gasteiger partial charge >= 0.3 is 0 Å². The lowest BCUT2D eigenvalue weighted by atomic mass is 10.1. The molecule has 6 heteroatoms. The van der Waals surface area contributed by atoms with Crippen LogP contribution in [0.4, 0.5) is 15.8 Å². The second kappa shape index (κ2) is 8.65. The highest BCUT2D eigenvalue weighted by atomic mass is 19.1. The van der Waals surface area contributed by atoms with Gasteiger partial charge in [-0.3, -0.25) is 9.69 Å². The first-order valence-electron chi connectivity index (χ1n) is 9.13. The van der Waals surface area contributed by atoms with E-state index in [4.69, 9.17) is 0 Å². The van der Waals surface area contributed by atoms with Crippen molar-refractivity contribution in [3.63, 3.8) is 0 Å². The Morgan fingerprint density at radius 2 is 1.96 bits per heavy atom. The quantitative estimate of drug-likeness (QED) is 0.903. The summed E-state index contributed by atoms with van der Waals surface area (Å²) in [6.45, 7) is 4.97. The molecule has 1 unspecified atom stereocenters. The van der Waals surface area contributed by atoms with Gasteiger partial charge in [0, 0.05) is 31.9 Å². The Labute approximate surface area is 159 Å². The summed E-state index contributed by atoms with van der Waals surface area (Å²) in [6, 6.07) is 15.4. The van der Waals surface area contributed by atoms with E-state index in [1.165, 1.54) is 12.1 Å². The Hall–Kier alpha value is -2.91. The molecule has 3 rings (SSSR count). The topological polar surface area (TPSA) is 59.4 Å². The molecule has 1 N–H and O–H groups in total. The van der Waals surface area contributed by atoms with Gasteiger partial charge in [-0.1, -0.05) is 18.2 Å². The van der Waals surface area contributed by atoms with E-state index in [1.54, 1.807) is 12.1 Å². The second-order valence-electron chi connectivity index (χ2n) is 6.68. The number of benzene rings is 2. The molecule has 140 valence electrons. The fraction of sp³-hybridized carbons (Fsp3) is 0.333. The van der Waals surface area contributed by atoms with Crippen molar-refractivity contribution in [1.82, 2.24) is 4.90 Å². The zero-order chi connectivity index (χ0) is 19.2. The van der Waals surface area contributed by atoms with Gasteiger partial charge in [0.2, 0.25) is 5.91 Å². The third-order valence-corrected chi connectivity index (χ3v) is 4.91. The highest BCUT2D eigenvalue weighted by Crippen LogP contribution is 2.22. The number of nitrogens with one attached hydrogen (secondary N) is 1. The third kappa shape index (κ3) is 4.63.